The Morgan fingerprint density at radius 3 is 2.71 bits per heavy atom. The molecular weight excluding hydrogens is 316 g/mol. The molecule has 0 N–H and O–H groups in total. The molecule has 2 aliphatic rings. The third-order valence-corrected chi connectivity index (χ3v) is 6.42. The SMILES string of the molecule is Cc1ccc(-c2nc(C(=O)N3CCC[C@H]4CCCC[C@H]43)cs2)cc1. The van der Waals surface area contributed by atoms with Gasteiger partial charge in [-0.1, -0.05) is 42.7 Å². The van der Waals surface area contributed by atoms with Gasteiger partial charge in [0.25, 0.3) is 5.91 Å². The average molecular weight is 340 g/mol. The first-order chi connectivity index (χ1) is 11.7. The second-order valence-electron chi connectivity index (χ2n) is 7.16. The minimum Gasteiger partial charge on any atom is -0.334 e. The first-order valence-corrected chi connectivity index (χ1v) is 9.94. The van der Waals surface area contributed by atoms with Crippen LogP contribution in [-0.2, 0) is 0 Å². The van der Waals surface area contributed by atoms with Crippen LogP contribution < -0.4 is 0 Å². The standard InChI is InChI=1S/C20H24N2OS/c1-14-8-10-16(11-9-14)19-21-17(13-24-19)20(23)22-12-4-6-15-5-2-3-7-18(15)22/h8-11,13,15,18H,2-7,12H2,1H3/t15-,18-/m1/s1. The highest BCUT2D eigenvalue weighted by Gasteiger charge is 2.36. The molecule has 126 valence electrons. The lowest BCUT2D eigenvalue weighted by Gasteiger charge is -2.43. The van der Waals surface area contributed by atoms with Gasteiger partial charge in [0.1, 0.15) is 10.7 Å². The van der Waals surface area contributed by atoms with E-state index in [0.29, 0.717) is 17.7 Å². The normalized spacial score (nSPS) is 23.8. The van der Waals surface area contributed by atoms with E-state index < -0.39 is 0 Å². The van der Waals surface area contributed by atoms with Crippen LogP contribution in [0.5, 0.6) is 0 Å². The number of aryl methyl sites for hydroxylation is 1. The topological polar surface area (TPSA) is 33.2 Å². The van der Waals surface area contributed by atoms with Crippen LogP contribution in [0.15, 0.2) is 29.6 Å². The van der Waals surface area contributed by atoms with Crippen LogP contribution in [0.1, 0.15) is 54.6 Å². The molecule has 2 atom stereocenters. The van der Waals surface area contributed by atoms with E-state index in [0.717, 1.165) is 23.5 Å². The van der Waals surface area contributed by atoms with E-state index in [9.17, 15) is 4.79 Å². The molecule has 1 saturated heterocycles. The van der Waals surface area contributed by atoms with E-state index in [-0.39, 0.29) is 5.91 Å². The second-order valence-corrected chi connectivity index (χ2v) is 8.01. The number of rotatable bonds is 2. The van der Waals surface area contributed by atoms with Gasteiger partial charge in [-0.3, -0.25) is 4.79 Å². The van der Waals surface area contributed by atoms with E-state index in [1.807, 2.05) is 5.38 Å². The predicted octanol–water partition coefficient (Wildman–Crippen LogP) is 4.91. The van der Waals surface area contributed by atoms with Crippen LogP contribution >= 0.6 is 11.3 Å². The molecular formula is C20H24N2OS. The molecule has 1 aromatic carbocycles. The first kappa shape index (κ1) is 15.8. The van der Waals surface area contributed by atoms with Crippen LogP contribution in [-0.4, -0.2) is 28.4 Å². The number of carbonyl (C=O) groups excluding carboxylic acids is 1. The van der Waals surface area contributed by atoms with Gasteiger partial charge in [-0.25, -0.2) is 4.98 Å². The molecule has 1 aliphatic carbocycles. The Morgan fingerprint density at radius 2 is 1.88 bits per heavy atom. The smallest absolute Gasteiger partial charge is 0.273 e. The second kappa shape index (κ2) is 6.67. The Labute approximate surface area is 147 Å². The lowest BCUT2D eigenvalue weighted by Crippen LogP contribution is -2.49. The van der Waals surface area contributed by atoms with Crippen LogP contribution in [0.3, 0.4) is 0 Å². The number of hydrogen-bond donors (Lipinski definition) is 0. The minimum absolute atomic E-state index is 0.140. The Kier molecular flexibility index (Phi) is 4.40. The summed E-state index contributed by atoms with van der Waals surface area (Å²) in [7, 11) is 0. The van der Waals surface area contributed by atoms with E-state index >= 15 is 0 Å². The first-order valence-electron chi connectivity index (χ1n) is 9.06. The number of fused-ring (bicyclic) bond motifs is 1. The van der Waals surface area contributed by atoms with Gasteiger partial charge in [0, 0.05) is 23.5 Å². The fraction of sp³-hybridized carbons (Fsp3) is 0.500. The molecule has 0 radical (unpaired) electrons. The lowest BCUT2D eigenvalue weighted by atomic mass is 9.78. The molecule has 2 fully saturated rings. The summed E-state index contributed by atoms with van der Waals surface area (Å²) in [5.74, 6) is 0.855. The number of benzene rings is 1. The van der Waals surface area contributed by atoms with Gasteiger partial charge in [-0.05, 0) is 38.5 Å². The van der Waals surface area contributed by atoms with Crippen molar-refractivity contribution in [3.8, 4) is 10.6 Å². The average Bonchev–Trinajstić information content (AvgIpc) is 3.11. The summed E-state index contributed by atoms with van der Waals surface area (Å²) >= 11 is 1.57. The van der Waals surface area contributed by atoms with E-state index in [1.54, 1.807) is 11.3 Å². The van der Waals surface area contributed by atoms with Crippen molar-refractivity contribution in [1.82, 2.24) is 9.88 Å². The van der Waals surface area contributed by atoms with Crippen molar-refractivity contribution >= 4 is 17.2 Å². The minimum atomic E-state index is 0.140. The quantitative estimate of drug-likeness (QED) is 0.778. The Balaban J connectivity index is 1.55. The number of hydrogen-bond acceptors (Lipinski definition) is 3. The highest BCUT2D eigenvalue weighted by molar-refractivity contribution is 7.13. The van der Waals surface area contributed by atoms with Crippen molar-refractivity contribution < 1.29 is 4.79 Å². The summed E-state index contributed by atoms with van der Waals surface area (Å²) in [5.41, 5.74) is 2.96. The number of nitrogens with zero attached hydrogens (tertiary/aromatic N) is 2. The largest absolute Gasteiger partial charge is 0.334 e. The molecule has 24 heavy (non-hydrogen) atoms. The van der Waals surface area contributed by atoms with E-state index in [1.165, 1.54) is 37.7 Å². The molecule has 3 nitrogen and oxygen atoms in total. The molecule has 2 heterocycles. The Morgan fingerprint density at radius 1 is 1.12 bits per heavy atom. The number of carbonyl (C=O) groups is 1. The highest BCUT2D eigenvalue weighted by atomic mass is 32.1. The molecule has 4 rings (SSSR count). The molecule has 1 amide bonds. The third-order valence-electron chi connectivity index (χ3n) is 5.53. The molecule has 4 heteroatoms. The van der Waals surface area contributed by atoms with Crippen molar-refractivity contribution in [3.05, 3.63) is 40.9 Å². The molecule has 0 spiro atoms. The van der Waals surface area contributed by atoms with Crippen LogP contribution in [0.2, 0.25) is 0 Å². The van der Waals surface area contributed by atoms with Gasteiger partial charge in [0.2, 0.25) is 0 Å². The van der Waals surface area contributed by atoms with Gasteiger partial charge < -0.3 is 4.90 Å². The summed E-state index contributed by atoms with van der Waals surface area (Å²) in [6.07, 6.45) is 7.49. The monoisotopic (exact) mass is 340 g/mol. The van der Waals surface area contributed by atoms with Crippen molar-refractivity contribution in [2.75, 3.05) is 6.54 Å². The molecule has 0 bridgehead atoms. The lowest BCUT2D eigenvalue weighted by molar-refractivity contribution is 0.0386. The van der Waals surface area contributed by atoms with Gasteiger partial charge in [-0.2, -0.15) is 0 Å². The summed E-state index contributed by atoms with van der Waals surface area (Å²) in [4.78, 5) is 19.8. The maximum atomic E-state index is 13.0. The summed E-state index contributed by atoms with van der Waals surface area (Å²) in [5, 5.41) is 2.87. The van der Waals surface area contributed by atoms with Gasteiger partial charge >= 0.3 is 0 Å². The summed E-state index contributed by atoms with van der Waals surface area (Å²) in [6.45, 7) is 2.98. The number of likely N-dealkylation sites (tertiary alicyclic amines) is 1. The predicted molar refractivity (Wildman–Crippen MR) is 98.3 cm³/mol. The van der Waals surface area contributed by atoms with Crippen LogP contribution in [0.25, 0.3) is 10.6 Å². The van der Waals surface area contributed by atoms with Crippen molar-refractivity contribution in [2.24, 2.45) is 5.92 Å². The van der Waals surface area contributed by atoms with Gasteiger partial charge in [-0.15, -0.1) is 11.3 Å². The molecule has 1 aromatic heterocycles. The maximum absolute atomic E-state index is 13.0. The zero-order valence-corrected chi connectivity index (χ0v) is 15.0. The van der Waals surface area contributed by atoms with Crippen molar-refractivity contribution in [2.45, 2.75) is 51.5 Å². The third kappa shape index (κ3) is 3.00. The fourth-order valence-electron chi connectivity index (χ4n) is 4.22. The van der Waals surface area contributed by atoms with Crippen molar-refractivity contribution in [1.29, 1.82) is 0 Å². The van der Waals surface area contributed by atoms with E-state index in [4.69, 9.17) is 0 Å². The fourth-order valence-corrected chi connectivity index (χ4v) is 5.02. The number of piperidine rings is 1. The van der Waals surface area contributed by atoms with Gasteiger partial charge in [0.05, 0.1) is 0 Å². The molecule has 1 aliphatic heterocycles. The van der Waals surface area contributed by atoms with Crippen molar-refractivity contribution in [3.63, 3.8) is 0 Å². The zero-order valence-electron chi connectivity index (χ0n) is 14.2. The zero-order chi connectivity index (χ0) is 16.5. The van der Waals surface area contributed by atoms with Crippen LogP contribution in [0, 0.1) is 12.8 Å². The molecule has 2 aromatic rings. The Hall–Kier alpha value is -1.68. The van der Waals surface area contributed by atoms with Gasteiger partial charge in [0.15, 0.2) is 0 Å². The maximum Gasteiger partial charge on any atom is 0.273 e. The van der Waals surface area contributed by atoms with Crippen LogP contribution in [0.4, 0.5) is 0 Å². The van der Waals surface area contributed by atoms with E-state index in [2.05, 4.69) is 41.1 Å². The highest BCUT2D eigenvalue weighted by Crippen LogP contribution is 2.36. The molecule has 1 saturated carbocycles. The summed E-state index contributed by atoms with van der Waals surface area (Å²) < 4.78 is 0. The number of thiazole rings is 1. The number of aromatic nitrogens is 1. The molecule has 0 unspecified atom stereocenters. The summed E-state index contributed by atoms with van der Waals surface area (Å²) in [6, 6.07) is 8.80. The Bertz CT molecular complexity index is 719. The number of amides is 1.